The Bertz CT molecular complexity index is 955. The van der Waals surface area contributed by atoms with Crippen LogP contribution in [0.25, 0.3) is 0 Å². The molecule has 1 aliphatic rings. The van der Waals surface area contributed by atoms with Gasteiger partial charge in [0.2, 0.25) is 5.91 Å². The molecule has 11 nitrogen and oxygen atoms in total. The number of aromatic nitrogens is 2. The maximum absolute atomic E-state index is 13.4. The molecule has 1 amide bonds. The molecule has 0 aromatic carbocycles. The van der Waals surface area contributed by atoms with Crippen molar-refractivity contribution >= 4 is 17.7 Å². The van der Waals surface area contributed by atoms with Gasteiger partial charge in [0.1, 0.15) is 30.7 Å². The standard InChI is InChI=1S/C31H54N4O7/c1-4-7-8-9-10-11-12-13-14-15-16-17-18-19-26(36)35(25-20-21-32-31(40)33-25)30-29(39)28(38)24(42-30)23-41-27(37)22-34(5-2)6-3/h20-21,24,28-30,38-39H,4-19,22-23H2,1-3H3,(H,32,33,40)/t24-,28-,29+,30-/m1/s1. The molecule has 0 unspecified atom stereocenters. The Hall–Kier alpha value is -2.34. The molecule has 0 spiro atoms. The van der Waals surface area contributed by atoms with Crippen LogP contribution in [0.2, 0.25) is 0 Å². The number of rotatable bonds is 22. The van der Waals surface area contributed by atoms with Gasteiger partial charge in [0.15, 0.2) is 6.23 Å². The average molecular weight is 595 g/mol. The zero-order chi connectivity index (χ0) is 30.7. The number of aliphatic hydroxyl groups is 2. The summed E-state index contributed by atoms with van der Waals surface area (Å²) in [6.07, 6.45) is 11.7. The second-order valence-corrected chi connectivity index (χ2v) is 11.2. The van der Waals surface area contributed by atoms with Crippen LogP contribution in [0.5, 0.6) is 0 Å². The van der Waals surface area contributed by atoms with Gasteiger partial charge in [0.05, 0.1) is 6.54 Å². The fourth-order valence-electron chi connectivity index (χ4n) is 5.24. The molecule has 1 aromatic rings. The number of H-pyrrole nitrogens is 1. The molecule has 1 fully saturated rings. The summed E-state index contributed by atoms with van der Waals surface area (Å²) in [5.41, 5.74) is -0.652. The van der Waals surface area contributed by atoms with Crippen molar-refractivity contribution in [2.45, 2.75) is 135 Å². The maximum Gasteiger partial charge on any atom is 0.346 e. The minimum Gasteiger partial charge on any atom is -0.462 e. The zero-order valence-corrected chi connectivity index (χ0v) is 26.0. The van der Waals surface area contributed by atoms with Gasteiger partial charge in [-0.25, -0.2) is 4.79 Å². The number of hydrogen-bond acceptors (Lipinski definition) is 9. The maximum atomic E-state index is 13.4. The van der Waals surface area contributed by atoms with Crippen LogP contribution in [-0.4, -0.2) is 87.7 Å². The fourth-order valence-corrected chi connectivity index (χ4v) is 5.24. The van der Waals surface area contributed by atoms with E-state index in [4.69, 9.17) is 9.47 Å². The first-order valence-corrected chi connectivity index (χ1v) is 16.1. The highest BCUT2D eigenvalue weighted by molar-refractivity contribution is 5.92. The van der Waals surface area contributed by atoms with E-state index in [2.05, 4.69) is 16.9 Å². The largest absolute Gasteiger partial charge is 0.462 e. The molecule has 2 heterocycles. The van der Waals surface area contributed by atoms with Crippen molar-refractivity contribution in [3.05, 3.63) is 22.7 Å². The van der Waals surface area contributed by atoms with Gasteiger partial charge >= 0.3 is 11.7 Å². The number of aromatic amines is 1. The van der Waals surface area contributed by atoms with E-state index < -0.39 is 36.2 Å². The van der Waals surface area contributed by atoms with Crippen LogP contribution in [0.15, 0.2) is 17.1 Å². The highest BCUT2D eigenvalue weighted by Crippen LogP contribution is 2.28. The summed E-state index contributed by atoms with van der Waals surface area (Å²) in [7, 11) is 0. The lowest BCUT2D eigenvalue weighted by Crippen LogP contribution is -2.48. The SMILES string of the molecule is CCCCCCCCCCCCCCCC(=O)N(c1cc[nH]c(=O)n1)[C@@H]1O[C@H](COC(=O)CN(CC)CC)[C@@H](O)[C@@H]1O. The highest BCUT2D eigenvalue weighted by atomic mass is 16.6. The van der Waals surface area contributed by atoms with Gasteiger partial charge in [-0.15, -0.1) is 0 Å². The summed E-state index contributed by atoms with van der Waals surface area (Å²) in [6, 6.07) is 1.45. The molecule has 3 N–H and O–H groups in total. The minimum absolute atomic E-state index is 0.0221. The summed E-state index contributed by atoms with van der Waals surface area (Å²) in [5.74, 6) is -0.820. The van der Waals surface area contributed by atoms with Crippen LogP contribution in [0.1, 0.15) is 111 Å². The van der Waals surface area contributed by atoms with Gasteiger partial charge in [-0.05, 0) is 25.6 Å². The Morgan fingerprint density at radius 2 is 1.48 bits per heavy atom. The molecule has 11 heteroatoms. The van der Waals surface area contributed by atoms with Crippen molar-refractivity contribution in [3.63, 3.8) is 0 Å². The van der Waals surface area contributed by atoms with Gasteiger partial charge in [0.25, 0.3) is 0 Å². The quantitative estimate of drug-likeness (QED) is 0.134. The molecule has 1 aromatic heterocycles. The number of carbonyl (C=O) groups excluding carboxylic acids is 2. The summed E-state index contributed by atoms with van der Waals surface area (Å²) in [5, 5.41) is 21.5. The fraction of sp³-hybridized carbons (Fsp3) is 0.806. The number of anilines is 1. The van der Waals surface area contributed by atoms with Gasteiger partial charge < -0.3 is 24.7 Å². The molecule has 0 radical (unpaired) electrons. The third-order valence-corrected chi connectivity index (χ3v) is 7.91. The van der Waals surface area contributed by atoms with Crippen LogP contribution < -0.4 is 10.6 Å². The summed E-state index contributed by atoms with van der Waals surface area (Å²) in [4.78, 5) is 46.9. The molecule has 2 rings (SSSR count). The van der Waals surface area contributed by atoms with Crippen LogP contribution in [0, 0.1) is 0 Å². The third-order valence-electron chi connectivity index (χ3n) is 7.91. The van der Waals surface area contributed by atoms with E-state index in [9.17, 15) is 24.6 Å². The van der Waals surface area contributed by atoms with E-state index in [1.807, 2.05) is 18.7 Å². The highest BCUT2D eigenvalue weighted by Gasteiger charge is 2.48. The predicted octanol–water partition coefficient (Wildman–Crippen LogP) is 3.92. The second kappa shape index (κ2) is 20.5. The number of esters is 1. The first-order valence-electron chi connectivity index (χ1n) is 16.1. The predicted molar refractivity (Wildman–Crippen MR) is 162 cm³/mol. The Morgan fingerprint density at radius 1 is 0.905 bits per heavy atom. The average Bonchev–Trinajstić information content (AvgIpc) is 3.25. The Morgan fingerprint density at radius 3 is 2.02 bits per heavy atom. The van der Waals surface area contributed by atoms with E-state index in [0.717, 1.165) is 24.2 Å². The van der Waals surface area contributed by atoms with E-state index in [1.165, 1.54) is 70.1 Å². The first-order chi connectivity index (χ1) is 20.3. The molecular formula is C31H54N4O7. The van der Waals surface area contributed by atoms with Crippen molar-refractivity contribution in [2.24, 2.45) is 0 Å². The number of ether oxygens (including phenoxy) is 2. The number of hydrogen-bond donors (Lipinski definition) is 3. The van der Waals surface area contributed by atoms with Crippen molar-refractivity contribution < 1.29 is 29.3 Å². The lowest BCUT2D eigenvalue weighted by molar-refractivity contribution is -0.150. The summed E-state index contributed by atoms with van der Waals surface area (Å²) < 4.78 is 11.1. The number of likely N-dealkylation sites (N-methyl/N-ethyl adjacent to an activating group) is 1. The molecule has 42 heavy (non-hydrogen) atoms. The van der Waals surface area contributed by atoms with Crippen LogP contribution in [0.3, 0.4) is 0 Å². The Labute approximate surface area is 251 Å². The van der Waals surface area contributed by atoms with E-state index in [1.54, 1.807) is 0 Å². The van der Waals surface area contributed by atoms with Gasteiger partial charge in [-0.1, -0.05) is 97.8 Å². The first kappa shape index (κ1) is 35.9. The van der Waals surface area contributed by atoms with Crippen LogP contribution in [-0.2, 0) is 19.1 Å². The van der Waals surface area contributed by atoms with Gasteiger partial charge in [-0.2, -0.15) is 4.98 Å². The number of nitrogens with zero attached hydrogens (tertiary/aromatic N) is 3. The molecule has 1 saturated heterocycles. The van der Waals surface area contributed by atoms with E-state index in [0.29, 0.717) is 19.5 Å². The second-order valence-electron chi connectivity index (χ2n) is 11.2. The molecule has 1 aliphatic heterocycles. The smallest absolute Gasteiger partial charge is 0.346 e. The zero-order valence-electron chi connectivity index (χ0n) is 26.0. The van der Waals surface area contributed by atoms with E-state index >= 15 is 0 Å². The number of aliphatic hydroxyl groups excluding tert-OH is 2. The van der Waals surface area contributed by atoms with Gasteiger partial charge in [0, 0.05) is 12.6 Å². The molecular weight excluding hydrogens is 540 g/mol. The third kappa shape index (κ3) is 12.5. The lowest BCUT2D eigenvalue weighted by Gasteiger charge is -2.29. The number of carbonyl (C=O) groups is 2. The lowest BCUT2D eigenvalue weighted by atomic mass is 10.0. The normalized spacial score (nSPS) is 20.2. The van der Waals surface area contributed by atoms with Crippen LogP contribution >= 0.6 is 0 Å². The van der Waals surface area contributed by atoms with Crippen LogP contribution in [0.4, 0.5) is 5.82 Å². The topological polar surface area (TPSA) is 145 Å². The monoisotopic (exact) mass is 594 g/mol. The Balaban J connectivity index is 1.85. The Kier molecular flexibility index (Phi) is 17.5. The summed E-state index contributed by atoms with van der Waals surface area (Å²) in [6.45, 7) is 7.31. The number of unbranched alkanes of at least 4 members (excludes halogenated alkanes) is 12. The van der Waals surface area contributed by atoms with Crippen molar-refractivity contribution in [1.82, 2.24) is 14.9 Å². The summed E-state index contributed by atoms with van der Waals surface area (Å²) >= 11 is 0. The molecule has 0 saturated carbocycles. The van der Waals surface area contributed by atoms with E-state index in [-0.39, 0.29) is 31.3 Å². The van der Waals surface area contributed by atoms with Crippen molar-refractivity contribution in [2.75, 3.05) is 31.1 Å². The molecule has 4 atom stereocenters. The molecule has 0 aliphatic carbocycles. The number of amides is 1. The molecule has 240 valence electrons. The van der Waals surface area contributed by atoms with Crippen molar-refractivity contribution in [3.8, 4) is 0 Å². The minimum atomic E-state index is -1.48. The molecule has 0 bridgehead atoms. The number of nitrogens with one attached hydrogen (secondary N) is 1. The van der Waals surface area contributed by atoms with Gasteiger partial charge in [-0.3, -0.25) is 19.4 Å². The van der Waals surface area contributed by atoms with Crippen molar-refractivity contribution in [1.29, 1.82) is 0 Å².